The number of rotatable bonds is 4. The minimum absolute atomic E-state index is 0.0198. The number of benzene rings is 2. The number of fused-ring (bicyclic) bond motifs is 9. The van der Waals surface area contributed by atoms with E-state index in [1.165, 1.54) is 0 Å². The van der Waals surface area contributed by atoms with Gasteiger partial charge in [0, 0.05) is 40.9 Å². The third-order valence-corrected chi connectivity index (χ3v) is 8.57. The molecule has 4 heterocycles. The van der Waals surface area contributed by atoms with Gasteiger partial charge in [-0.05, 0) is 44.9 Å². The van der Waals surface area contributed by atoms with Crippen LogP contribution in [0.2, 0.25) is 0 Å². The zero-order valence-corrected chi connectivity index (χ0v) is 21.0. The highest BCUT2D eigenvalue weighted by Gasteiger charge is 2.56. The van der Waals surface area contributed by atoms with Crippen LogP contribution in [0.15, 0.2) is 24.8 Å². The van der Waals surface area contributed by atoms with E-state index in [0.29, 0.717) is 43.2 Å². The molecular formula is C28H32N4O4. The van der Waals surface area contributed by atoms with E-state index in [4.69, 9.17) is 19.9 Å². The van der Waals surface area contributed by atoms with Crippen LogP contribution in [0.1, 0.15) is 45.5 Å². The van der Waals surface area contributed by atoms with Crippen molar-refractivity contribution < 1.29 is 19.3 Å². The predicted molar refractivity (Wildman–Crippen MR) is 134 cm³/mol. The van der Waals surface area contributed by atoms with Crippen LogP contribution in [-0.4, -0.2) is 60.0 Å². The fraction of sp³-hybridized carbons (Fsp3) is 0.464. The molecule has 2 aromatic rings. The minimum atomic E-state index is -0.369. The highest BCUT2D eigenvalue weighted by molar-refractivity contribution is 5.66. The topological polar surface area (TPSA) is 104 Å². The second kappa shape index (κ2) is 8.41. The molecule has 0 spiro atoms. The normalized spacial score (nSPS) is 28.0. The van der Waals surface area contributed by atoms with E-state index in [2.05, 4.69) is 35.6 Å². The van der Waals surface area contributed by atoms with Crippen molar-refractivity contribution in [3.05, 3.63) is 58.2 Å². The first-order chi connectivity index (χ1) is 17.4. The summed E-state index contributed by atoms with van der Waals surface area (Å²) in [5, 5.41) is 21.7. The van der Waals surface area contributed by atoms with E-state index in [9.17, 15) is 10.4 Å². The molecule has 8 nitrogen and oxygen atoms in total. The van der Waals surface area contributed by atoms with Gasteiger partial charge in [-0.2, -0.15) is 5.26 Å². The number of likely N-dealkylation sites (N-methyl/N-ethyl adjacent to an activating group) is 1. The molecule has 0 amide bonds. The van der Waals surface area contributed by atoms with Crippen molar-refractivity contribution in [2.45, 2.75) is 56.9 Å². The van der Waals surface area contributed by atoms with E-state index >= 15 is 0 Å². The molecule has 2 bridgehead atoms. The number of hydrogen-bond donors (Lipinski definition) is 2. The van der Waals surface area contributed by atoms with Gasteiger partial charge in [-0.15, -0.1) is 0 Å². The Morgan fingerprint density at radius 1 is 1.22 bits per heavy atom. The quantitative estimate of drug-likeness (QED) is 0.633. The third-order valence-electron chi connectivity index (χ3n) is 8.57. The number of aryl methyl sites for hydroxylation is 1. The molecule has 36 heavy (non-hydrogen) atoms. The fourth-order valence-electron chi connectivity index (χ4n) is 7.04. The first-order valence-electron chi connectivity index (χ1n) is 12.5. The molecular weight excluding hydrogens is 456 g/mol. The van der Waals surface area contributed by atoms with Crippen molar-refractivity contribution >= 4 is 0 Å². The summed E-state index contributed by atoms with van der Waals surface area (Å²) in [5.74, 6) is 2.52. The lowest BCUT2D eigenvalue weighted by atomic mass is 9.71. The average Bonchev–Trinajstić information content (AvgIpc) is 3.36. The summed E-state index contributed by atoms with van der Waals surface area (Å²) < 4.78 is 18.1. The van der Waals surface area contributed by atoms with Crippen molar-refractivity contribution in [1.82, 2.24) is 9.80 Å². The zero-order valence-electron chi connectivity index (χ0n) is 21.0. The molecule has 0 radical (unpaired) electrons. The summed E-state index contributed by atoms with van der Waals surface area (Å²) in [6, 6.07) is 5.88. The smallest absolute Gasteiger partial charge is 0.231 e. The number of hydrogen-bond acceptors (Lipinski definition) is 8. The highest BCUT2D eigenvalue weighted by Crippen LogP contribution is 2.57. The molecule has 0 saturated carbocycles. The lowest BCUT2D eigenvalue weighted by Crippen LogP contribution is -2.68. The maximum atomic E-state index is 11.2. The molecule has 0 aliphatic carbocycles. The Labute approximate surface area is 211 Å². The number of phenolic OH excluding ortho intramolecular Hbond substituents is 1. The van der Waals surface area contributed by atoms with Crippen LogP contribution in [0.3, 0.4) is 0 Å². The molecule has 1 fully saturated rings. The summed E-state index contributed by atoms with van der Waals surface area (Å²) in [7, 11) is 2.08. The Hall–Kier alpha value is -3.25. The van der Waals surface area contributed by atoms with Gasteiger partial charge in [0.05, 0.1) is 18.2 Å². The Morgan fingerprint density at radius 3 is 2.72 bits per heavy atom. The summed E-state index contributed by atoms with van der Waals surface area (Å²) in [5.41, 5.74) is 12.3. The maximum Gasteiger partial charge on any atom is 0.231 e. The molecule has 8 heteroatoms. The standard InChI is InChI=1S/C28H32N4O4/c1-5-8-34-26-15(3)27-28(36-13-35-27)23-17(26)10-19-24-22-16(7-6-14(2)25(22)33)9-18(31(24)4)20(11-29)32(19)21(23)12-30/h5-7,18-21,24,33H,1,8-10,12-13,30H2,2-4H3/t18-,19?,20+,21+,24+/m1/s1. The SMILES string of the molecule is C=CCOc1c(C)c2c(c3c1CC1[C@H]4c5c(ccc(C)c5O)C[C@H]([C@H](C#N)N1[C@H]3CN)N4C)OCO2. The number of ether oxygens (including phenoxy) is 3. The molecule has 4 aliphatic heterocycles. The summed E-state index contributed by atoms with van der Waals surface area (Å²) in [4.78, 5) is 4.58. The van der Waals surface area contributed by atoms with Crippen LogP contribution in [0.25, 0.3) is 0 Å². The van der Waals surface area contributed by atoms with E-state index < -0.39 is 0 Å². The predicted octanol–water partition coefficient (Wildman–Crippen LogP) is 3.03. The molecule has 5 atom stereocenters. The van der Waals surface area contributed by atoms with Crippen LogP contribution in [0.4, 0.5) is 0 Å². The van der Waals surface area contributed by atoms with Crippen LogP contribution in [-0.2, 0) is 12.8 Å². The van der Waals surface area contributed by atoms with Gasteiger partial charge in [-0.25, -0.2) is 0 Å². The zero-order chi connectivity index (χ0) is 25.3. The molecule has 3 N–H and O–H groups in total. The Morgan fingerprint density at radius 2 is 2.00 bits per heavy atom. The Kier molecular flexibility index (Phi) is 5.41. The first kappa shape index (κ1) is 23.2. The monoisotopic (exact) mass is 488 g/mol. The van der Waals surface area contributed by atoms with Crippen molar-refractivity contribution in [2.24, 2.45) is 5.73 Å². The van der Waals surface area contributed by atoms with Crippen molar-refractivity contribution in [3.8, 4) is 29.1 Å². The van der Waals surface area contributed by atoms with Crippen molar-refractivity contribution in [3.63, 3.8) is 0 Å². The van der Waals surface area contributed by atoms with Gasteiger partial charge in [0.25, 0.3) is 0 Å². The van der Waals surface area contributed by atoms with Crippen LogP contribution in [0.5, 0.6) is 23.0 Å². The number of piperazine rings is 1. The van der Waals surface area contributed by atoms with Gasteiger partial charge in [-0.1, -0.05) is 24.8 Å². The molecule has 1 saturated heterocycles. The number of nitrogens with zero attached hydrogens (tertiary/aromatic N) is 3. The number of phenols is 1. The highest BCUT2D eigenvalue weighted by atomic mass is 16.7. The fourth-order valence-corrected chi connectivity index (χ4v) is 7.04. The molecule has 1 unspecified atom stereocenters. The van der Waals surface area contributed by atoms with Crippen LogP contribution >= 0.6 is 0 Å². The van der Waals surface area contributed by atoms with Crippen LogP contribution in [0, 0.1) is 25.2 Å². The minimum Gasteiger partial charge on any atom is -0.507 e. The number of nitriles is 1. The number of aromatic hydroxyl groups is 1. The molecule has 0 aromatic heterocycles. The molecule has 4 aliphatic rings. The van der Waals surface area contributed by atoms with Gasteiger partial charge in [0.2, 0.25) is 6.79 Å². The maximum absolute atomic E-state index is 11.2. The average molecular weight is 489 g/mol. The van der Waals surface area contributed by atoms with E-state index in [1.54, 1.807) is 6.08 Å². The lowest BCUT2D eigenvalue weighted by molar-refractivity contribution is -0.0709. The molecule has 6 rings (SSSR count). The second-order valence-corrected chi connectivity index (χ2v) is 10.2. The molecule has 2 aromatic carbocycles. The van der Waals surface area contributed by atoms with E-state index in [1.807, 2.05) is 19.9 Å². The van der Waals surface area contributed by atoms with Crippen LogP contribution < -0.4 is 19.9 Å². The number of nitrogens with two attached hydrogens (primary N) is 1. The summed E-state index contributed by atoms with van der Waals surface area (Å²) in [6.07, 6.45) is 3.05. The van der Waals surface area contributed by atoms with Gasteiger partial charge >= 0.3 is 0 Å². The first-order valence-corrected chi connectivity index (χ1v) is 12.5. The Bertz CT molecular complexity index is 1300. The van der Waals surface area contributed by atoms with Gasteiger partial charge in [0.1, 0.15) is 24.1 Å². The lowest BCUT2D eigenvalue weighted by Gasteiger charge is -2.60. The second-order valence-electron chi connectivity index (χ2n) is 10.2. The summed E-state index contributed by atoms with van der Waals surface area (Å²) >= 11 is 0. The van der Waals surface area contributed by atoms with E-state index in [-0.39, 0.29) is 37.0 Å². The largest absolute Gasteiger partial charge is 0.507 e. The van der Waals surface area contributed by atoms with Gasteiger partial charge in [-0.3, -0.25) is 9.80 Å². The van der Waals surface area contributed by atoms with Gasteiger partial charge in [0.15, 0.2) is 11.5 Å². The Balaban J connectivity index is 1.60. The van der Waals surface area contributed by atoms with E-state index in [0.717, 1.165) is 39.1 Å². The third kappa shape index (κ3) is 2.97. The summed E-state index contributed by atoms with van der Waals surface area (Å²) in [6.45, 7) is 8.57. The van der Waals surface area contributed by atoms with Crippen molar-refractivity contribution in [1.29, 1.82) is 5.26 Å². The van der Waals surface area contributed by atoms with Gasteiger partial charge < -0.3 is 25.1 Å². The van der Waals surface area contributed by atoms with Crippen molar-refractivity contribution in [2.75, 3.05) is 27.0 Å². The molecule has 188 valence electrons.